The zero-order chi connectivity index (χ0) is 23.6. The quantitative estimate of drug-likeness (QED) is 0.530. The van der Waals surface area contributed by atoms with Crippen LogP contribution in [0.2, 0.25) is 0 Å². The van der Waals surface area contributed by atoms with Gasteiger partial charge in [-0.1, -0.05) is 41.9 Å². The second-order valence-corrected chi connectivity index (χ2v) is 9.58. The Hall–Kier alpha value is -2.87. The predicted molar refractivity (Wildman–Crippen MR) is 130 cm³/mol. The first kappa shape index (κ1) is 23.3. The molecule has 0 aliphatic carbocycles. The van der Waals surface area contributed by atoms with Gasteiger partial charge in [0.05, 0.1) is 25.6 Å². The number of halogens is 1. The van der Waals surface area contributed by atoms with E-state index < -0.39 is 0 Å². The molecule has 0 radical (unpaired) electrons. The summed E-state index contributed by atoms with van der Waals surface area (Å²) >= 11 is 3.49. The first-order valence-electron chi connectivity index (χ1n) is 11.3. The van der Waals surface area contributed by atoms with Crippen molar-refractivity contribution in [2.24, 2.45) is 0 Å². The Morgan fingerprint density at radius 2 is 2.06 bits per heavy atom. The van der Waals surface area contributed by atoms with Crippen molar-refractivity contribution < 1.29 is 14.3 Å². The van der Waals surface area contributed by atoms with Crippen LogP contribution in [0, 0.1) is 5.41 Å². The molecule has 33 heavy (non-hydrogen) atoms. The van der Waals surface area contributed by atoms with Crippen molar-refractivity contribution in [2.45, 2.75) is 57.7 Å². The van der Waals surface area contributed by atoms with Crippen molar-refractivity contribution in [3.63, 3.8) is 0 Å². The molecule has 174 valence electrons. The lowest BCUT2D eigenvalue weighted by atomic mass is 9.87. The van der Waals surface area contributed by atoms with Crippen LogP contribution in [0.4, 0.5) is 0 Å². The zero-order valence-corrected chi connectivity index (χ0v) is 20.5. The smallest absolute Gasteiger partial charge is 0.251 e. The maximum atomic E-state index is 13.0. The fourth-order valence-corrected chi connectivity index (χ4v) is 4.85. The van der Waals surface area contributed by atoms with Gasteiger partial charge in [-0.25, -0.2) is 0 Å². The summed E-state index contributed by atoms with van der Waals surface area (Å²) in [4.78, 5) is 27.3. The van der Waals surface area contributed by atoms with Gasteiger partial charge >= 0.3 is 0 Å². The molecule has 0 bridgehead atoms. The number of ether oxygens (including phenoxy) is 1. The molecular formula is C25H29BrN4O3. The van der Waals surface area contributed by atoms with E-state index in [-0.39, 0.29) is 35.9 Å². The van der Waals surface area contributed by atoms with E-state index in [4.69, 9.17) is 10.1 Å². The number of hydrogen-bond acceptors (Lipinski definition) is 4. The van der Waals surface area contributed by atoms with Crippen LogP contribution < -0.4 is 15.4 Å². The summed E-state index contributed by atoms with van der Waals surface area (Å²) in [5.41, 5.74) is 1.93. The summed E-state index contributed by atoms with van der Waals surface area (Å²) in [6, 6.07) is 12.9. The molecule has 2 aliphatic rings. The number of rotatable bonds is 6. The molecular weight excluding hydrogens is 484 g/mol. The highest BCUT2D eigenvalue weighted by Gasteiger charge is 2.38. The van der Waals surface area contributed by atoms with Crippen molar-refractivity contribution in [3.05, 3.63) is 63.6 Å². The van der Waals surface area contributed by atoms with Crippen LogP contribution >= 0.6 is 15.9 Å². The lowest BCUT2D eigenvalue weighted by molar-refractivity contribution is -0.131. The molecule has 1 unspecified atom stereocenters. The first-order valence-corrected chi connectivity index (χ1v) is 12.1. The Bertz CT molecular complexity index is 1060. The maximum absolute atomic E-state index is 13.0. The summed E-state index contributed by atoms with van der Waals surface area (Å²) in [7, 11) is 0. The average Bonchev–Trinajstić information content (AvgIpc) is 2.82. The normalized spacial score (nSPS) is 19.4. The molecule has 2 aromatic rings. The average molecular weight is 513 g/mol. The van der Waals surface area contributed by atoms with Crippen molar-refractivity contribution in [3.8, 4) is 5.75 Å². The standard InChI is InChI=1S/C25H29BrN4O3/c1-3-25(4-2)14-22(31)30(24(27)29-25)15-16-6-5-7-17(12-16)23(32)28-20-10-11-33-21-9-8-18(26)13-19(20)21/h5-9,12-13,20H,3-4,10-11,14-15H2,1-2H3,(H2,27,29)(H,28,32). The number of nitrogens with one attached hydrogen (secondary N) is 3. The maximum Gasteiger partial charge on any atom is 0.251 e. The van der Waals surface area contributed by atoms with E-state index in [9.17, 15) is 9.59 Å². The predicted octanol–water partition coefficient (Wildman–Crippen LogP) is 4.52. The van der Waals surface area contributed by atoms with Gasteiger partial charge in [-0.3, -0.25) is 19.9 Å². The van der Waals surface area contributed by atoms with Gasteiger partial charge in [0.2, 0.25) is 5.91 Å². The summed E-state index contributed by atoms with van der Waals surface area (Å²) in [5, 5.41) is 14.7. The third-order valence-electron chi connectivity index (χ3n) is 6.64. The van der Waals surface area contributed by atoms with E-state index in [1.54, 1.807) is 12.1 Å². The number of carbonyl (C=O) groups is 2. The topological polar surface area (TPSA) is 94.5 Å². The van der Waals surface area contributed by atoms with Crippen molar-refractivity contribution in [1.29, 1.82) is 5.41 Å². The van der Waals surface area contributed by atoms with Gasteiger partial charge in [-0.2, -0.15) is 0 Å². The molecule has 4 rings (SSSR count). The zero-order valence-electron chi connectivity index (χ0n) is 18.9. The Labute approximate surface area is 202 Å². The van der Waals surface area contributed by atoms with Gasteiger partial charge in [-0.05, 0) is 48.7 Å². The Morgan fingerprint density at radius 1 is 1.27 bits per heavy atom. The van der Waals surface area contributed by atoms with Crippen LogP contribution in [0.25, 0.3) is 0 Å². The summed E-state index contributed by atoms with van der Waals surface area (Å²) in [5.74, 6) is 0.660. The molecule has 8 heteroatoms. The number of amides is 2. The molecule has 3 N–H and O–H groups in total. The Balaban J connectivity index is 1.47. The van der Waals surface area contributed by atoms with Gasteiger partial charge in [0.25, 0.3) is 5.91 Å². The molecule has 2 aromatic carbocycles. The Kier molecular flexibility index (Phi) is 6.74. The van der Waals surface area contributed by atoms with Crippen molar-refractivity contribution in [2.75, 3.05) is 6.61 Å². The monoisotopic (exact) mass is 512 g/mol. The molecule has 1 saturated heterocycles. The van der Waals surface area contributed by atoms with Crippen molar-refractivity contribution in [1.82, 2.24) is 15.5 Å². The lowest BCUT2D eigenvalue weighted by Gasteiger charge is -2.42. The minimum absolute atomic E-state index is 0.0679. The van der Waals surface area contributed by atoms with Crippen LogP contribution in [0.15, 0.2) is 46.9 Å². The molecule has 1 atom stereocenters. The third kappa shape index (κ3) is 4.90. The fraction of sp³-hybridized carbons (Fsp3) is 0.400. The van der Waals surface area contributed by atoms with E-state index >= 15 is 0 Å². The second-order valence-electron chi connectivity index (χ2n) is 8.66. The van der Waals surface area contributed by atoms with E-state index in [2.05, 4.69) is 26.6 Å². The fourth-order valence-electron chi connectivity index (χ4n) is 4.47. The highest BCUT2D eigenvalue weighted by atomic mass is 79.9. The van der Waals surface area contributed by atoms with Gasteiger partial charge in [0.15, 0.2) is 5.96 Å². The molecule has 1 fully saturated rings. The van der Waals surface area contributed by atoms with E-state index in [0.29, 0.717) is 25.0 Å². The largest absolute Gasteiger partial charge is 0.493 e. The van der Waals surface area contributed by atoms with Gasteiger partial charge in [0, 0.05) is 27.6 Å². The van der Waals surface area contributed by atoms with Gasteiger partial charge in [0.1, 0.15) is 5.75 Å². The SMILES string of the molecule is CCC1(CC)CC(=O)N(Cc2cccc(C(=O)NC3CCOc4ccc(Br)cc43)c2)C(=N)N1. The third-order valence-corrected chi connectivity index (χ3v) is 7.14. The van der Waals surface area contributed by atoms with Gasteiger partial charge < -0.3 is 15.4 Å². The van der Waals surface area contributed by atoms with Crippen LogP contribution in [0.5, 0.6) is 5.75 Å². The highest BCUT2D eigenvalue weighted by Crippen LogP contribution is 2.34. The number of fused-ring (bicyclic) bond motifs is 1. The van der Waals surface area contributed by atoms with Gasteiger partial charge in [-0.15, -0.1) is 0 Å². The molecule has 2 heterocycles. The molecule has 0 aromatic heterocycles. The van der Waals surface area contributed by atoms with Crippen LogP contribution in [-0.4, -0.2) is 34.8 Å². The highest BCUT2D eigenvalue weighted by molar-refractivity contribution is 9.10. The van der Waals surface area contributed by atoms with E-state index in [0.717, 1.165) is 34.2 Å². The number of carbonyl (C=O) groups excluding carboxylic acids is 2. The summed E-state index contributed by atoms with van der Waals surface area (Å²) in [6.07, 6.45) is 2.62. The Morgan fingerprint density at radius 3 is 2.79 bits per heavy atom. The number of benzene rings is 2. The number of hydrogen-bond donors (Lipinski definition) is 3. The van der Waals surface area contributed by atoms with E-state index in [1.807, 2.05) is 44.2 Å². The summed E-state index contributed by atoms with van der Waals surface area (Å²) < 4.78 is 6.65. The minimum atomic E-state index is -0.346. The first-order chi connectivity index (χ1) is 15.8. The molecule has 2 amide bonds. The number of guanidine groups is 1. The molecule has 2 aliphatic heterocycles. The van der Waals surface area contributed by atoms with E-state index in [1.165, 1.54) is 4.90 Å². The minimum Gasteiger partial charge on any atom is -0.493 e. The lowest BCUT2D eigenvalue weighted by Crippen LogP contribution is -2.61. The molecule has 7 nitrogen and oxygen atoms in total. The van der Waals surface area contributed by atoms with Crippen LogP contribution in [0.3, 0.4) is 0 Å². The molecule has 0 spiro atoms. The second kappa shape index (κ2) is 9.55. The van der Waals surface area contributed by atoms with Crippen LogP contribution in [-0.2, 0) is 11.3 Å². The summed E-state index contributed by atoms with van der Waals surface area (Å²) in [6.45, 7) is 4.86. The van der Waals surface area contributed by atoms with Crippen LogP contribution in [0.1, 0.15) is 67.1 Å². The van der Waals surface area contributed by atoms with Crippen molar-refractivity contribution >= 4 is 33.7 Å². The number of nitrogens with zero attached hydrogens (tertiary/aromatic N) is 1. The molecule has 0 saturated carbocycles.